The van der Waals surface area contributed by atoms with Gasteiger partial charge in [0.05, 0.1) is 12.6 Å². The second-order valence-electron chi connectivity index (χ2n) is 3.87. The number of nitrogens with zero attached hydrogens (tertiary/aromatic N) is 1. The first-order valence-electron chi connectivity index (χ1n) is 4.96. The van der Waals surface area contributed by atoms with Gasteiger partial charge < -0.3 is 0 Å². The third kappa shape index (κ3) is 1.73. The summed E-state index contributed by atoms with van der Waals surface area (Å²) in [7, 11) is 0. The van der Waals surface area contributed by atoms with Gasteiger partial charge >= 0.3 is 0 Å². The molecule has 15 heavy (non-hydrogen) atoms. The van der Waals surface area contributed by atoms with Gasteiger partial charge in [-0.05, 0) is 11.1 Å². The van der Waals surface area contributed by atoms with Gasteiger partial charge in [0.2, 0.25) is 0 Å². The van der Waals surface area contributed by atoms with Crippen molar-refractivity contribution in [1.82, 2.24) is 5.32 Å². The lowest BCUT2D eigenvalue weighted by atomic mass is 9.98. The maximum Gasteiger partial charge on any atom is 0.115 e. The second-order valence-corrected chi connectivity index (χ2v) is 3.87. The van der Waals surface area contributed by atoms with Crippen molar-refractivity contribution < 1.29 is 0 Å². The molecule has 0 unspecified atom stereocenters. The molecule has 0 fully saturated rings. The van der Waals surface area contributed by atoms with Gasteiger partial charge in [-0.1, -0.05) is 30.2 Å². The molecule has 1 N–H and O–H groups in total. The summed E-state index contributed by atoms with van der Waals surface area (Å²) < 4.78 is 0. The topological polar surface area (TPSA) is 35.8 Å². The molecule has 1 aromatic rings. The third-order valence-corrected chi connectivity index (χ3v) is 2.85. The number of fused-ring (bicyclic) bond motifs is 1. The van der Waals surface area contributed by atoms with Crippen molar-refractivity contribution in [2.75, 3.05) is 6.54 Å². The highest BCUT2D eigenvalue weighted by atomic mass is 15.0. The first-order valence-corrected chi connectivity index (χ1v) is 4.96. The minimum atomic E-state index is -0.490. The molecule has 0 amide bonds. The molecule has 0 spiro atoms. The van der Waals surface area contributed by atoms with Crippen LogP contribution in [0.2, 0.25) is 0 Å². The predicted molar refractivity (Wildman–Crippen MR) is 59.0 cm³/mol. The van der Waals surface area contributed by atoms with E-state index in [2.05, 4.69) is 29.4 Å². The van der Waals surface area contributed by atoms with E-state index in [0.29, 0.717) is 6.54 Å². The highest BCUT2D eigenvalue weighted by Crippen LogP contribution is 2.29. The number of terminal acetylenes is 1. The Morgan fingerprint density at radius 1 is 1.33 bits per heavy atom. The lowest BCUT2D eigenvalue weighted by Gasteiger charge is -2.20. The summed E-state index contributed by atoms with van der Waals surface area (Å²) in [5, 5.41) is 12.4. The summed E-state index contributed by atoms with van der Waals surface area (Å²) >= 11 is 0. The number of nitriles is 1. The van der Waals surface area contributed by atoms with Crippen LogP contribution in [0.1, 0.15) is 11.1 Å². The molecular weight excluding hydrogens is 184 g/mol. The quantitative estimate of drug-likeness (QED) is 0.723. The highest BCUT2D eigenvalue weighted by Gasteiger charge is 2.36. The van der Waals surface area contributed by atoms with Gasteiger partial charge in [0, 0.05) is 12.8 Å². The molecular formula is C13H12N2. The van der Waals surface area contributed by atoms with Crippen LogP contribution in [0.4, 0.5) is 0 Å². The number of nitrogens with one attached hydrogen (secondary N) is 1. The lowest BCUT2D eigenvalue weighted by Crippen LogP contribution is -2.44. The smallest absolute Gasteiger partial charge is 0.115 e. The molecule has 0 bridgehead atoms. The van der Waals surface area contributed by atoms with Crippen LogP contribution < -0.4 is 5.32 Å². The Balaban J connectivity index is 2.23. The molecule has 0 saturated heterocycles. The van der Waals surface area contributed by atoms with Crippen molar-refractivity contribution in [1.29, 1.82) is 5.26 Å². The SMILES string of the molecule is C#CCNC1(C#N)Cc2ccccc2C1. The molecule has 0 saturated carbocycles. The Labute approximate surface area is 89.9 Å². The van der Waals surface area contributed by atoms with Crippen LogP contribution in [0.5, 0.6) is 0 Å². The Bertz CT molecular complexity index is 423. The van der Waals surface area contributed by atoms with Crippen LogP contribution in [0.3, 0.4) is 0 Å². The summed E-state index contributed by atoms with van der Waals surface area (Å²) in [6, 6.07) is 10.5. The van der Waals surface area contributed by atoms with Gasteiger partial charge in [-0.3, -0.25) is 5.32 Å². The van der Waals surface area contributed by atoms with Crippen LogP contribution in [0.15, 0.2) is 24.3 Å². The average Bonchev–Trinajstić information content (AvgIpc) is 2.65. The van der Waals surface area contributed by atoms with Crippen LogP contribution in [0.25, 0.3) is 0 Å². The lowest BCUT2D eigenvalue weighted by molar-refractivity contribution is 0.457. The van der Waals surface area contributed by atoms with E-state index in [9.17, 15) is 5.26 Å². The molecule has 0 aromatic heterocycles. The largest absolute Gasteiger partial charge is 0.288 e. The van der Waals surface area contributed by atoms with Gasteiger partial charge in [-0.25, -0.2) is 0 Å². The summed E-state index contributed by atoms with van der Waals surface area (Å²) in [6.07, 6.45) is 6.71. The Morgan fingerprint density at radius 3 is 2.40 bits per heavy atom. The van der Waals surface area contributed by atoms with Gasteiger partial charge in [0.25, 0.3) is 0 Å². The molecule has 74 valence electrons. The first-order chi connectivity index (χ1) is 7.29. The number of hydrogen-bond donors (Lipinski definition) is 1. The van der Waals surface area contributed by atoms with Crippen molar-refractivity contribution >= 4 is 0 Å². The van der Waals surface area contributed by atoms with Crippen molar-refractivity contribution in [3.05, 3.63) is 35.4 Å². The minimum absolute atomic E-state index is 0.446. The Kier molecular flexibility index (Phi) is 2.46. The van der Waals surface area contributed by atoms with E-state index in [1.165, 1.54) is 11.1 Å². The van der Waals surface area contributed by atoms with Gasteiger partial charge in [-0.15, -0.1) is 6.42 Å². The summed E-state index contributed by atoms with van der Waals surface area (Å²) in [5.74, 6) is 2.52. The summed E-state index contributed by atoms with van der Waals surface area (Å²) in [6.45, 7) is 0.446. The van der Waals surface area contributed by atoms with Crippen LogP contribution in [-0.2, 0) is 12.8 Å². The van der Waals surface area contributed by atoms with Gasteiger partial charge in [0.15, 0.2) is 0 Å². The maximum atomic E-state index is 9.23. The zero-order valence-electron chi connectivity index (χ0n) is 8.46. The van der Waals surface area contributed by atoms with Crippen LogP contribution >= 0.6 is 0 Å². The molecule has 2 nitrogen and oxygen atoms in total. The van der Waals surface area contributed by atoms with E-state index in [4.69, 9.17) is 6.42 Å². The molecule has 0 aliphatic heterocycles. The van der Waals surface area contributed by atoms with E-state index < -0.39 is 5.54 Å². The predicted octanol–water partition coefficient (Wildman–Crippen LogP) is 1.27. The molecule has 0 radical (unpaired) electrons. The molecule has 2 rings (SSSR count). The molecule has 1 aliphatic rings. The minimum Gasteiger partial charge on any atom is -0.288 e. The zero-order chi connectivity index (χ0) is 10.7. The maximum absolute atomic E-state index is 9.23. The van der Waals surface area contributed by atoms with E-state index in [1.807, 2.05) is 12.1 Å². The zero-order valence-corrected chi connectivity index (χ0v) is 8.46. The Hall–Kier alpha value is -1.77. The van der Waals surface area contributed by atoms with E-state index in [-0.39, 0.29) is 0 Å². The van der Waals surface area contributed by atoms with Gasteiger partial charge in [-0.2, -0.15) is 5.26 Å². The average molecular weight is 196 g/mol. The normalized spacial score (nSPS) is 16.4. The number of benzene rings is 1. The van der Waals surface area contributed by atoms with Crippen LogP contribution in [-0.4, -0.2) is 12.1 Å². The third-order valence-electron chi connectivity index (χ3n) is 2.85. The molecule has 1 aromatic carbocycles. The van der Waals surface area contributed by atoms with E-state index in [1.54, 1.807) is 0 Å². The molecule has 1 aliphatic carbocycles. The number of hydrogen-bond acceptors (Lipinski definition) is 2. The molecule has 2 heteroatoms. The standard InChI is InChI=1S/C13H12N2/c1-2-7-15-13(10-14)8-11-5-3-4-6-12(11)9-13/h1,3-6,15H,7-9H2. The van der Waals surface area contributed by atoms with E-state index in [0.717, 1.165) is 12.8 Å². The molecule has 0 heterocycles. The fourth-order valence-electron chi connectivity index (χ4n) is 2.08. The first kappa shape index (κ1) is 9.77. The fourth-order valence-corrected chi connectivity index (χ4v) is 2.08. The molecule has 0 atom stereocenters. The van der Waals surface area contributed by atoms with Gasteiger partial charge in [0.1, 0.15) is 5.54 Å². The second kappa shape index (κ2) is 3.77. The van der Waals surface area contributed by atoms with Crippen LogP contribution in [0, 0.1) is 23.7 Å². The number of rotatable bonds is 2. The van der Waals surface area contributed by atoms with Crippen molar-refractivity contribution in [2.24, 2.45) is 0 Å². The fraction of sp³-hybridized carbons (Fsp3) is 0.308. The highest BCUT2D eigenvalue weighted by molar-refractivity contribution is 5.39. The summed E-state index contributed by atoms with van der Waals surface area (Å²) in [4.78, 5) is 0. The summed E-state index contributed by atoms with van der Waals surface area (Å²) in [5.41, 5.74) is 2.02. The van der Waals surface area contributed by atoms with Crippen molar-refractivity contribution in [3.63, 3.8) is 0 Å². The van der Waals surface area contributed by atoms with E-state index >= 15 is 0 Å². The Morgan fingerprint density at radius 2 is 1.93 bits per heavy atom. The van der Waals surface area contributed by atoms with Crippen molar-refractivity contribution in [2.45, 2.75) is 18.4 Å². The monoisotopic (exact) mass is 196 g/mol. The van der Waals surface area contributed by atoms with Crippen molar-refractivity contribution in [3.8, 4) is 18.4 Å².